The number of alkyl halides is 3. The highest BCUT2D eigenvalue weighted by Crippen LogP contribution is 2.31. The summed E-state index contributed by atoms with van der Waals surface area (Å²) >= 11 is 0. The fraction of sp³-hybridized carbons (Fsp3) is 1.00. The van der Waals surface area contributed by atoms with Crippen LogP contribution in [0.4, 0.5) is 13.2 Å². The molecule has 0 aromatic rings. The molecule has 1 saturated heterocycles. The van der Waals surface area contributed by atoms with Gasteiger partial charge in [-0.1, -0.05) is 13.3 Å². The highest BCUT2D eigenvalue weighted by atomic mass is 19.4. The Hall–Kier alpha value is -0.290. The number of nitrogens with one attached hydrogen (secondary N) is 1. The molecule has 0 aromatic carbocycles. The number of hydrogen-bond donors (Lipinski definition) is 1. The maximum Gasteiger partial charge on any atom is 0.389 e. The van der Waals surface area contributed by atoms with Gasteiger partial charge in [-0.3, -0.25) is 0 Å². The average Bonchev–Trinajstić information content (AvgIpc) is 2.24. The van der Waals surface area contributed by atoms with E-state index in [0.717, 1.165) is 32.0 Å². The van der Waals surface area contributed by atoms with Gasteiger partial charge in [0.15, 0.2) is 0 Å². The molecule has 2 atom stereocenters. The van der Waals surface area contributed by atoms with Crippen LogP contribution in [0.3, 0.4) is 0 Å². The minimum atomic E-state index is -4.03. The van der Waals surface area contributed by atoms with Gasteiger partial charge in [-0.05, 0) is 50.6 Å². The molecule has 0 bridgehead atoms. The normalized spacial score (nSPS) is 29.4. The van der Waals surface area contributed by atoms with Gasteiger partial charge in [0.2, 0.25) is 0 Å². The van der Waals surface area contributed by atoms with Crippen molar-refractivity contribution in [3.05, 3.63) is 0 Å². The molecule has 1 aliphatic carbocycles. The van der Waals surface area contributed by atoms with Crippen LogP contribution in [0.25, 0.3) is 0 Å². The van der Waals surface area contributed by atoms with Crippen LogP contribution in [0.1, 0.15) is 45.4 Å². The summed E-state index contributed by atoms with van der Waals surface area (Å²) in [6, 6.07) is 0.239. The lowest BCUT2D eigenvalue weighted by Gasteiger charge is -2.39. The van der Waals surface area contributed by atoms with E-state index in [1.807, 2.05) is 0 Å². The van der Waals surface area contributed by atoms with Crippen molar-refractivity contribution in [3.63, 3.8) is 0 Å². The Labute approximate surface area is 120 Å². The third-order valence-corrected chi connectivity index (χ3v) is 4.59. The Bertz CT molecular complexity index is 289. The third kappa shape index (κ3) is 5.24. The van der Waals surface area contributed by atoms with E-state index in [1.54, 1.807) is 0 Å². The van der Waals surface area contributed by atoms with Gasteiger partial charge in [0, 0.05) is 25.6 Å². The van der Waals surface area contributed by atoms with Crippen molar-refractivity contribution in [3.8, 4) is 0 Å². The molecule has 1 N–H and O–H groups in total. The lowest BCUT2D eigenvalue weighted by Crippen LogP contribution is -2.51. The van der Waals surface area contributed by atoms with Gasteiger partial charge in [0.05, 0.1) is 0 Å². The Morgan fingerprint density at radius 2 is 1.90 bits per heavy atom. The van der Waals surface area contributed by atoms with E-state index >= 15 is 0 Å². The smallest absolute Gasteiger partial charge is 0.312 e. The van der Waals surface area contributed by atoms with Crippen LogP contribution in [0.2, 0.25) is 0 Å². The van der Waals surface area contributed by atoms with Gasteiger partial charge < -0.3 is 10.2 Å². The van der Waals surface area contributed by atoms with E-state index in [2.05, 4.69) is 17.1 Å². The molecule has 2 aliphatic rings. The van der Waals surface area contributed by atoms with Gasteiger partial charge in [-0.2, -0.15) is 13.2 Å². The predicted molar refractivity (Wildman–Crippen MR) is 74.6 cm³/mol. The van der Waals surface area contributed by atoms with Gasteiger partial charge in [-0.15, -0.1) is 0 Å². The Morgan fingerprint density at radius 3 is 2.45 bits per heavy atom. The molecule has 1 heterocycles. The van der Waals surface area contributed by atoms with Crippen molar-refractivity contribution in [2.75, 3.05) is 26.2 Å². The highest BCUT2D eigenvalue weighted by Gasteiger charge is 2.36. The van der Waals surface area contributed by atoms with Crippen LogP contribution in [0, 0.1) is 11.8 Å². The molecule has 2 rings (SSSR count). The molecule has 2 nitrogen and oxygen atoms in total. The third-order valence-electron chi connectivity index (χ3n) is 4.59. The van der Waals surface area contributed by atoms with Crippen LogP contribution in [-0.4, -0.2) is 43.3 Å². The molecule has 2 unspecified atom stereocenters. The van der Waals surface area contributed by atoms with E-state index in [-0.39, 0.29) is 12.0 Å². The Kier molecular flexibility index (Phi) is 5.73. The molecule has 5 heteroatoms. The summed E-state index contributed by atoms with van der Waals surface area (Å²) in [5.74, 6) is 0.520. The Morgan fingerprint density at radius 1 is 1.15 bits per heavy atom. The number of rotatable bonds is 6. The molecule has 20 heavy (non-hydrogen) atoms. The van der Waals surface area contributed by atoms with Crippen LogP contribution >= 0.6 is 0 Å². The fourth-order valence-corrected chi connectivity index (χ4v) is 3.45. The minimum absolute atomic E-state index is 0.239. The summed E-state index contributed by atoms with van der Waals surface area (Å²) < 4.78 is 37.9. The molecule has 1 saturated carbocycles. The molecule has 118 valence electrons. The second-order valence-corrected chi connectivity index (χ2v) is 6.58. The van der Waals surface area contributed by atoms with Crippen molar-refractivity contribution in [1.29, 1.82) is 0 Å². The number of nitrogens with zero attached hydrogens (tertiary/aromatic N) is 1. The molecule has 0 radical (unpaired) electrons. The maximum atomic E-state index is 12.6. The number of halogens is 3. The van der Waals surface area contributed by atoms with E-state index in [9.17, 15) is 13.2 Å². The first-order valence-corrected chi connectivity index (χ1v) is 7.98. The molecule has 2 fully saturated rings. The van der Waals surface area contributed by atoms with Crippen molar-refractivity contribution in [2.45, 2.75) is 57.7 Å². The van der Waals surface area contributed by atoms with Crippen LogP contribution in [-0.2, 0) is 0 Å². The first-order valence-electron chi connectivity index (χ1n) is 7.98. The topological polar surface area (TPSA) is 15.3 Å². The van der Waals surface area contributed by atoms with E-state index < -0.39 is 12.6 Å². The van der Waals surface area contributed by atoms with Gasteiger partial charge >= 0.3 is 6.18 Å². The average molecular weight is 292 g/mol. The predicted octanol–water partition coefficient (Wildman–Crippen LogP) is 3.43. The van der Waals surface area contributed by atoms with Crippen molar-refractivity contribution >= 4 is 0 Å². The molecular formula is C15H27F3N2. The summed E-state index contributed by atoms with van der Waals surface area (Å²) in [6.45, 7) is 5.51. The summed E-state index contributed by atoms with van der Waals surface area (Å²) in [7, 11) is 0. The molecule has 1 aliphatic heterocycles. The number of likely N-dealkylation sites (tertiary alicyclic amines) is 1. The SMILES string of the molecule is CCCN1CC(CC(F)(F)F)CC(NCC2CCC2)C1. The van der Waals surface area contributed by atoms with E-state index in [1.165, 1.54) is 19.3 Å². The fourth-order valence-electron chi connectivity index (χ4n) is 3.45. The van der Waals surface area contributed by atoms with E-state index in [4.69, 9.17) is 0 Å². The van der Waals surface area contributed by atoms with E-state index in [0.29, 0.717) is 13.0 Å². The summed E-state index contributed by atoms with van der Waals surface area (Å²) in [4.78, 5) is 2.21. The summed E-state index contributed by atoms with van der Waals surface area (Å²) in [5, 5.41) is 3.52. The molecule has 0 amide bonds. The lowest BCUT2D eigenvalue weighted by atomic mass is 9.84. The minimum Gasteiger partial charge on any atom is -0.312 e. The van der Waals surface area contributed by atoms with Crippen LogP contribution < -0.4 is 5.32 Å². The maximum absolute atomic E-state index is 12.6. The Balaban J connectivity index is 1.82. The zero-order valence-corrected chi connectivity index (χ0v) is 12.4. The second-order valence-electron chi connectivity index (χ2n) is 6.58. The number of piperidine rings is 1. The summed E-state index contributed by atoms with van der Waals surface area (Å²) in [5.41, 5.74) is 0. The van der Waals surface area contributed by atoms with Crippen molar-refractivity contribution < 1.29 is 13.2 Å². The summed E-state index contributed by atoms with van der Waals surface area (Å²) in [6.07, 6.45) is 0.901. The molecule has 0 aromatic heterocycles. The quantitative estimate of drug-likeness (QED) is 0.807. The zero-order valence-electron chi connectivity index (χ0n) is 12.4. The monoisotopic (exact) mass is 292 g/mol. The molecule has 0 spiro atoms. The first kappa shape index (κ1) is 16.1. The zero-order chi connectivity index (χ0) is 14.6. The largest absolute Gasteiger partial charge is 0.389 e. The van der Waals surface area contributed by atoms with Gasteiger partial charge in [0.25, 0.3) is 0 Å². The number of hydrogen-bond acceptors (Lipinski definition) is 2. The van der Waals surface area contributed by atoms with Gasteiger partial charge in [-0.25, -0.2) is 0 Å². The van der Waals surface area contributed by atoms with Crippen LogP contribution in [0.15, 0.2) is 0 Å². The van der Waals surface area contributed by atoms with Crippen molar-refractivity contribution in [1.82, 2.24) is 10.2 Å². The van der Waals surface area contributed by atoms with Gasteiger partial charge in [0.1, 0.15) is 0 Å². The van der Waals surface area contributed by atoms with Crippen LogP contribution in [0.5, 0.6) is 0 Å². The first-order chi connectivity index (χ1) is 9.46. The highest BCUT2D eigenvalue weighted by molar-refractivity contribution is 4.86. The standard InChI is InChI=1S/C15H27F3N2/c1-2-6-20-10-13(8-15(16,17)18)7-14(11-20)19-9-12-4-3-5-12/h12-14,19H,2-11H2,1H3. The van der Waals surface area contributed by atoms with Crippen molar-refractivity contribution in [2.24, 2.45) is 11.8 Å². The lowest BCUT2D eigenvalue weighted by molar-refractivity contribution is -0.148. The molecular weight excluding hydrogens is 265 g/mol. The second kappa shape index (κ2) is 7.12.